The van der Waals surface area contributed by atoms with Gasteiger partial charge in [0.1, 0.15) is 6.33 Å². The Labute approximate surface area is 92.6 Å². The van der Waals surface area contributed by atoms with Crippen LogP contribution >= 0.6 is 0 Å². The lowest BCUT2D eigenvalue weighted by Gasteiger charge is -1.98. The summed E-state index contributed by atoms with van der Waals surface area (Å²) >= 11 is 0. The van der Waals surface area contributed by atoms with Crippen LogP contribution in [0.5, 0.6) is 0 Å². The van der Waals surface area contributed by atoms with Crippen LogP contribution in [0.25, 0.3) is 22.3 Å². The standard InChI is InChI=1S/C12H10N4/c1-16-8-14-12(15-16)10-4-5-11-9(7-10)3-2-6-13-11/h2-8H,1H3. The number of hydrogen-bond acceptors (Lipinski definition) is 3. The number of hydrogen-bond donors (Lipinski definition) is 0. The van der Waals surface area contributed by atoms with Gasteiger partial charge in [0.25, 0.3) is 0 Å². The highest BCUT2D eigenvalue weighted by Gasteiger charge is 2.03. The fraction of sp³-hybridized carbons (Fsp3) is 0.0833. The quantitative estimate of drug-likeness (QED) is 0.617. The number of nitrogens with zero attached hydrogens (tertiary/aromatic N) is 4. The van der Waals surface area contributed by atoms with Gasteiger partial charge in [-0.1, -0.05) is 6.07 Å². The molecule has 0 aliphatic heterocycles. The summed E-state index contributed by atoms with van der Waals surface area (Å²) in [4.78, 5) is 8.50. The highest BCUT2D eigenvalue weighted by atomic mass is 15.3. The molecule has 0 aliphatic rings. The number of benzene rings is 1. The van der Waals surface area contributed by atoms with E-state index in [1.165, 1.54) is 0 Å². The van der Waals surface area contributed by atoms with Crippen molar-refractivity contribution in [2.24, 2.45) is 7.05 Å². The molecule has 3 aromatic rings. The van der Waals surface area contributed by atoms with Crippen LogP contribution in [0.3, 0.4) is 0 Å². The smallest absolute Gasteiger partial charge is 0.181 e. The molecular weight excluding hydrogens is 200 g/mol. The topological polar surface area (TPSA) is 43.6 Å². The molecule has 4 heteroatoms. The number of aryl methyl sites for hydroxylation is 1. The summed E-state index contributed by atoms with van der Waals surface area (Å²) in [5, 5.41) is 5.38. The third-order valence-electron chi connectivity index (χ3n) is 2.46. The van der Waals surface area contributed by atoms with Crippen molar-refractivity contribution in [3.63, 3.8) is 0 Å². The molecule has 0 aliphatic carbocycles. The Morgan fingerprint density at radius 3 is 2.88 bits per heavy atom. The molecule has 0 atom stereocenters. The van der Waals surface area contributed by atoms with Crippen LogP contribution in [0.15, 0.2) is 42.9 Å². The molecule has 0 fully saturated rings. The van der Waals surface area contributed by atoms with Gasteiger partial charge in [-0.25, -0.2) is 4.98 Å². The Morgan fingerprint density at radius 1 is 1.12 bits per heavy atom. The molecule has 4 nitrogen and oxygen atoms in total. The van der Waals surface area contributed by atoms with Gasteiger partial charge in [-0.05, 0) is 24.3 Å². The van der Waals surface area contributed by atoms with Crippen molar-refractivity contribution in [3.8, 4) is 11.4 Å². The Balaban J connectivity index is 2.18. The molecule has 0 spiro atoms. The lowest BCUT2D eigenvalue weighted by Crippen LogP contribution is -1.88. The first-order chi connectivity index (χ1) is 7.83. The van der Waals surface area contributed by atoms with Crippen LogP contribution in [-0.2, 0) is 7.05 Å². The Kier molecular flexibility index (Phi) is 1.93. The second-order valence-corrected chi connectivity index (χ2v) is 3.65. The van der Waals surface area contributed by atoms with Crippen molar-refractivity contribution in [2.45, 2.75) is 0 Å². The van der Waals surface area contributed by atoms with E-state index in [4.69, 9.17) is 0 Å². The lowest BCUT2D eigenvalue weighted by molar-refractivity contribution is 0.768. The van der Waals surface area contributed by atoms with E-state index in [0.29, 0.717) is 0 Å². The number of pyridine rings is 1. The zero-order valence-corrected chi connectivity index (χ0v) is 8.83. The van der Waals surface area contributed by atoms with Gasteiger partial charge in [-0.2, -0.15) is 5.10 Å². The van der Waals surface area contributed by atoms with Gasteiger partial charge in [0.15, 0.2) is 5.82 Å². The molecule has 0 radical (unpaired) electrons. The first-order valence-electron chi connectivity index (χ1n) is 5.04. The van der Waals surface area contributed by atoms with Crippen molar-refractivity contribution in [1.82, 2.24) is 19.7 Å². The van der Waals surface area contributed by atoms with Crippen LogP contribution in [0.2, 0.25) is 0 Å². The van der Waals surface area contributed by atoms with Crippen LogP contribution in [0, 0.1) is 0 Å². The normalized spacial score (nSPS) is 10.8. The summed E-state index contributed by atoms with van der Waals surface area (Å²) in [6, 6.07) is 10.00. The Morgan fingerprint density at radius 2 is 2.06 bits per heavy atom. The van der Waals surface area contributed by atoms with Gasteiger partial charge >= 0.3 is 0 Å². The van der Waals surface area contributed by atoms with Crippen LogP contribution < -0.4 is 0 Å². The average molecular weight is 210 g/mol. The molecule has 0 bridgehead atoms. The van der Waals surface area contributed by atoms with E-state index in [2.05, 4.69) is 21.1 Å². The maximum Gasteiger partial charge on any atom is 0.181 e. The second-order valence-electron chi connectivity index (χ2n) is 3.65. The highest BCUT2D eigenvalue weighted by Crippen LogP contribution is 2.19. The van der Waals surface area contributed by atoms with Gasteiger partial charge in [-0.15, -0.1) is 0 Å². The van der Waals surface area contributed by atoms with Crippen molar-refractivity contribution in [1.29, 1.82) is 0 Å². The van der Waals surface area contributed by atoms with E-state index < -0.39 is 0 Å². The lowest BCUT2D eigenvalue weighted by atomic mass is 10.1. The Hall–Kier alpha value is -2.23. The SMILES string of the molecule is Cn1cnc(-c2ccc3ncccc3c2)n1. The Bertz CT molecular complexity index is 642. The predicted octanol–water partition coefficient (Wildman–Crippen LogP) is 2.03. The first kappa shape index (κ1) is 9.03. The number of aromatic nitrogens is 4. The van der Waals surface area contributed by atoms with Crippen molar-refractivity contribution < 1.29 is 0 Å². The summed E-state index contributed by atoms with van der Waals surface area (Å²) in [6.45, 7) is 0. The molecule has 3 rings (SSSR count). The molecule has 0 N–H and O–H groups in total. The molecule has 0 unspecified atom stereocenters. The van der Waals surface area contributed by atoms with Crippen molar-refractivity contribution in [3.05, 3.63) is 42.9 Å². The van der Waals surface area contributed by atoms with Gasteiger partial charge in [0, 0.05) is 24.2 Å². The maximum atomic E-state index is 4.28. The van der Waals surface area contributed by atoms with Crippen LogP contribution in [-0.4, -0.2) is 19.7 Å². The number of fused-ring (bicyclic) bond motifs is 1. The van der Waals surface area contributed by atoms with E-state index in [-0.39, 0.29) is 0 Å². The van der Waals surface area contributed by atoms with Gasteiger partial charge in [0.2, 0.25) is 0 Å². The summed E-state index contributed by atoms with van der Waals surface area (Å²) < 4.78 is 1.70. The van der Waals surface area contributed by atoms with E-state index in [0.717, 1.165) is 22.3 Å². The van der Waals surface area contributed by atoms with Gasteiger partial charge in [0.05, 0.1) is 5.52 Å². The molecule has 78 valence electrons. The third kappa shape index (κ3) is 1.44. The predicted molar refractivity (Wildman–Crippen MR) is 61.7 cm³/mol. The van der Waals surface area contributed by atoms with Crippen LogP contribution in [0.4, 0.5) is 0 Å². The molecule has 16 heavy (non-hydrogen) atoms. The zero-order valence-electron chi connectivity index (χ0n) is 8.83. The van der Waals surface area contributed by atoms with Gasteiger partial charge in [-0.3, -0.25) is 9.67 Å². The molecule has 0 saturated heterocycles. The minimum absolute atomic E-state index is 0.744. The van der Waals surface area contributed by atoms with E-state index in [1.54, 1.807) is 17.2 Å². The fourth-order valence-electron chi connectivity index (χ4n) is 1.69. The largest absolute Gasteiger partial charge is 0.256 e. The molecule has 2 aromatic heterocycles. The molecule has 0 saturated carbocycles. The fourth-order valence-corrected chi connectivity index (χ4v) is 1.69. The summed E-state index contributed by atoms with van der Waals surface area (Å²) in [5.41, 5.74) is 2.00. The van der Waals surface area contributed by atoms with Gasteiger partial charge < -0.3 is 0 Å². The summed E-state index contributed by atoms with van der Waals surface area (Å²) in [5.74, 6) is 0.744. The highest BCUT2D eigenvalue weighted by molar-refractivity contribution is 5.82. The second kappa shape index (κ2) is 3.41. The van der Waals surface area contributed by atoms with E-state index in [9.17, 15) is 0 Å². The monoisotopic (exact) mass is 210 g/mol. The van der Waals surface area contributed by atoms with Crippen molar-refractivity contribution in [2.75, 3.05) is 0 Å². The molecule has 1 aromatic carbocycles. The minimum atomic E-state index is 0.744. The summed E-state index contributed by atoms with van der Waals surface area (Å²) in [7, 11) is 1.86. The molecule has 0 amide bonds. The minimum Gasteiger partial charge on any atom is -0.256 e. The summed E-state index contributed by atoms with van der Waals surface area (Å²) in [6.07, 6.45) is 3.49. The number of rotatable bonds is 1. The molecular formula is C12H10N4. The molecule has 2 heterocycles. The third-order valence-corrected chi connectivity index (χ3v) is 2.46. The maximum absolute atomic E-state index is 4.28. The van der Waals surface area contributed by atoms with Crippen molar-refractivity contribution >= 4 is 10.9 Å². The zero-order chi connectivity index (χ0) is 11.0. The van der Waals surface area contributed by atoms with E-state index in [1.807, 2.05) is 31.3 Å². The first-order valence-corrected chi connectivity index (χ1v) is 5.04. The van der Waals surface area contributed by atoms with E-state index >= 15 is 0 Å². The van der Waals surface area contributed by atoms with Crippen LogP contribution in [0.1, 0.15) is 0 Å². The average Bonchev–Trinajstić information content (AvgIpc) is 2.75.